The Hall–Kier alpha value is -1.64. The van der Waals surface area contributed by atoms with Crippen LogP contribution in [-0.2, 0) is 13.2 Å². The molecule has 124 valence electrons. The van der Waals surface area contributed by atoms with Crippen molar-refractivity contribution in [2.24, 2.45) is 7.05 Å². The number of carbonyl (C=O) groups is 1. The number of rotatable bonds is 2. The molecule has 2 rings (SSSR count). The van der Waals surface area contributed by atoms with Crippen LogP contribution in [0.15, 0.2) is 0 Å². The molecule has 1 aliphatic heterocycles. The second kappa shape index (κ2) is 6.23. The molecule has 0 N–H and O–H groups in total. The first-order valence-electron chi connectivity index (χ1n) is 7.14. The molecule has 0 saturated carbocycles. The van der Waals surface area contributed by atoms with Crippen LogP contribution in [0.2, 0.25) is 0 Å². The summed E-state index contributed by atoms with van der Waals surface area (Å²) in [7, 11) is 5.00. The molecule has 0 aliphatic carbocycles. The zero-order valence-electron chi connectivity index (χ0n) is 12.9. The lowest BCUT2D eigenvalue weighted by Crippen LogP contribution is -2.42. The molecule has 0 radical (unpaired) electrons. The monoisotopic (exact) mass is 319 g/mol. The van der Waals surface area contributed by atoms with Crippen LogP contribution in [0, 0.1) is 0 Å². The van der Waals surface area contributed by atoms with E-state index >= 15 is 0 Å². The van der Waals surface area contributed by atoms with Gasteiger partial charge in [-0.25, -0.2) is 4.68 Å². The van der Waals surface area contributed by atoms with Crippen molar-refractivity contribution in [1.29, 1.82) is 0 Å². The topological polar surface area (TPSA) is 54.3 Å². The Balaban J connectivity index is 2.20. The van der Waals surface area contributed by atoms with Gasteiger partial charge in [-0.3, -0.25) is 4.79 Å². The summed E-state index contributed by atoms with van der Waals surface area (Å²) in [6.07, 6.45) is -1.85. The van der Waals surface area contributed by atoms with Gasteiger partial charge in [0.15, 0.2) is 0 Å². The second-order valence-electron chi connectivity index (χ2n) is 5.74. The minimum atomic E-state index is -4.62. The first-order valence-corrected chi connectivity index (χ1v) is 7.14. The first-order chi connectivity index (χ1) is 10.2. The van der Waals surface area contributed by atoms with Gasteiger partial charge in [-0.1, -0.05) is 6.42 Å². The van der Waals surface area contributed by atoms with Crippen LogP contribution in [0.25, 0.3) is 0 Å². The predicted octanol–water partition coefficient (Wildman–Crippen LogP) is 1.39. The summed E-state index contributed by atoms with van der Waals surface area (Å²) in [6.45, 7) is 0.994. The molecule has 6 nitrogen and oxygen atoms in total. The molecule has 1 aliphatic rings. The fourth-order valence-corrected chi connectivity index (χ4v) is 2.59. The summed E-state index contributed by atoms with van der Waals surface area (Å²) in [5, 5.41) is 3.63. The summed E-state index contributed by atoms with van der Waals surface area (Å²) in [5.41, 5.74) is 0. The van der Waals surface area contributed by atoms with Crippen molar-refractivity contribution in [3.8, 4) is 0 Å². The van der Waals surface area contributed by atoms with E-state index < -0.39 is 23.7 Å². The van der Waals surface area contributed by atoms with Crippen LogP contribution in [0.5, 0.6) is 0 Å². The number of hydrogen-bond acceptors (Lipinski definition) is 4. The van der Waals surface area contributed by atoms with Gasteiger partial charge >= 0.3 is 6.18 Å². The highest BCUT2D eigenvalue weighted by Crippen LogP contribution is 2.27. The van der Waals surface area contributed by atoms with Crippen molar-refractivity contribution < 1.29 is 18.0 Å². The Bertz CT molecular complexity index is 540. The van der Waals surface area contributed by atoms with E-state index in [1.807, 2.05) is 19.0 Å². The van der Waals surface area contributed by atoms with Crippen LogP contribution in [0.3, 0.4) is 0 Å². The Morgan fingerprint density at radius 1 is 1.32 bits per heavy atom. The van der Waals surface area contributed by atoms with Crippen molar-refractivity contribution >= 4 is 5.91 Å². The van der Waals surface area contributed by atoms with Gasteiger partial charge in [-0.15, -0.1) is 5.10 Å². The maximum atomic E-state index is 12.7. The highest BCUT2D eigenvalue weighted by atomic mass is 19.4. The summed E-state index contributed by atoms with van der Waals surface area (Å²) in [4.78, 5) is 19.4. The maximum absolute atomic E-state index is 12.7. The highest BCUT2D eigenvalue weighted by molar-refractivity contribution is 5.90. The highest BCUT2D eigenvalue weighted by Gasteiger charge is 2.38. The number of hydrogen-bond donors (Lipinski definition) is 0. The van der Waals surface area contributed by atoms with E-state index in [1.165, 1.54) is 0 Å². The van der Waals surface area contributed by atoms with E-state index in [2.05, 4.69) is 10.1 Å². The summed E-state index contributed by atoms with van der Waals surface area (Å²) >= 11 is 0. The van der Waals surface area contributed by atoms with Gasteiger partial charge in [0.1, 0.15) is 0 Å². The third kappa shape index (κ3) is 3.57. The molecule has 1 amide bonds. The molecule has 1 fully saturated rings. The number of likely N-dealkylation sites (tertiary alicyclic amines) is 1. The standard InChI is InChI=1S/C13H20F3N5O/c1-19(2)9-6-4-5-7-21(8-9)11(22)10-17-12(13(14,15)16)20(3)18-10/h9H,4-8H2,1-3H3/t9-/m0/s1. The Labute approximate surface area is 126 Å². The summed E-state index contributed by atoms with van der Waals surface area (Å²) in [5.74, 6) is -2.09. The summed E-state index contributed by atoms with van der Waals surface area (Å²) < 4.78 is 38.8. The van der Waals surface area contributed by atoms with E-state index in [0.717, 1.165) is 26.3 Å². The van der Waals surface area contributed by atoms with E-state index in [1.54, 1.807) is 4.90 Å². The van der Waals surface area contributed by atoms with Crippen LogP contribution in [-0.4, -0.2) is 63.7 Å². The van der Waals surface area contributed by atoms with Crippen LogP contribution < -0.4 is 0 Å². The number of alkyl halides is 3. The quantitative estimate of drug-likeness (QED) is 0.827. The molecule has 2 heterocycles. The van der Waals surface area contributed by atoms with Crippen LogP contribution in [0.1, 0.15) is 35.7 Å². The van der Waals surface area contributed by atoms with Gasteiger partial charge in [0.25, 0.3) is 5.91 Å². The van der Waals surface area contributed by atoms with Crippen molar-refractivity contribution in [1.82, 2.24) is 24.6 Å². The van der Waals surface area contributed by atoms with Gasteiger partial charge < -0.3 is 9.80 Å². The lowest BCUT2D eigenvalue weighted by Gasteiger charge is -2.27. The average Bonchev–Trinajstić information content (AvgIpc) is 2.66. The second-order valence-corrected chi connectivity index (χ2v) is 5.74. The number of aromatic nitrogens is 3. The minimum absolute atomic E-state index is 0.192. The zero-order valence-corrected chi connectivity index (χ0v) is 12.9. The van der Waals surface area contributed by atoms with E-state index in [9.17, 15) is 18.0 Å². The Morgan fingerprint density at radius 3 is 2.55 bits per heavy atom. The maximum Gasteiger partial charge on any atom is 0.451 e. The van der Waals surface area contributed by atoms with E-state index in [0.29, 0.717) is 17.8 Å². The van der Waals surface area contributed by atoms with Gasteiger partial charge in [-0.05, 0) is 26.9 Å². The molecule has 1 aromatic rings. The van der Waals surface area contributed by atoms with Gasteiger partial charge in [0, 0.05) is 26.2 Å². The Morgan fingerprint density at radius 2 is 2.00 bits per heavy atom. The third-order valence-corrected chi connectivity index (χ3v) is 3.87. The molecule has 0 unspecified atom stereocenters. The van der Waals surface area contributed by atoms with Gasteiger partial charge in [0.05, 0.1) is 0 Å². The number of amides is 1. The molecule has 0 bridgehead atoms. The SMILES string of the molecule is CN(C)[C@H]1CCCCN(C(=O)c2nc(C(F)(F)F)n(C)n2)C1. The lowest BCUT2D eigenvalue weighted by molar-refractivity contribution is -0.147. The number of carbonyl (C=O) groups excluding carboxylic acids is 1. The predicted molar refractivity (Wildman–Crippen MR) is 73.2 cm³/mol. The smallest absolute Gasteiger partial charge is 0.334 e. The molecule has 1 atom stereocenters. The number of likely N-dealkylation sites (N-methyl/N-ethyl adjacent to an activating group) is 1. The van der Waals surface area contributed by atoms with E-state index in [-0.39, 0.29) is 6.04 Å². The summed E-state index contributed by atoms with van der Waals surface area (Å²) in [6, 6.07) is 0.192. The van der Waals surface area contributed by atoms with Crippen LogP contribution >= 0.6 is 0 Å². The van der Waals surface area contributed by atoms with Gasteiger partial charge in [-0.2, -0.15) is 18.2 Å². The van der Waals surface area contributed by atoms with Crippen molar-refractivity contribution in [3.63, 3.8) is 0 Å². The third-order valence-electron chi connectivity index (χ3n) is 3.87. The molecule has 1 saturated heterocycles. The lowest BCUT2D eigenvalue weighted by atomic mass is 10.1. The molecule has 0 spiro atoms. The molecule has 0 aromatic carbocycles. The number of aryl methyl sites for hydroxylation is 1. The molecule has 9 heteroatoms. The zero-order chi connectivity index (χ0) is 16.5. The van der Waals surface area contributed by atoms with E-state index in [4.69, 9.17) is 0 Å². The number of nitrogens with zero attached hydrogens (tertiary/aromatic N) is 5. The normalized spacial score (nSPS) is 20.3. The van der Waals surface area contributed by atoms with Crippen molar-refractivity contribution in [2.75, 3.05) is 27.2 Å². The molecular weight excluding hydrogens is 299 g/mol. The molecule has 22 heavy (non-hydrogen) atoms. The van der Waals surface area contributed by atoms with Crippen molar-refractivity contribution in [2.45, 2.75) is 31.5 Å². The largest absolute Gasteiger partial charge is 0.451 e. The average molecular weight is 319 g/mol. The molecular formula is C13H20F3N5O. The Kier molecular flexibility index (Phi) is 4.74. The first kappa shape index (κ1) is 16.7. The fourth-order valence-electron chi connectivity index (χ4n) is 2.59. The van der Waals surface area contributed by atoms with Crippen molar-refractivity contribution in [3.05, 3.63) is 11.6 Å². The van der Waals surface area contributed by atoms with Gasteiger partial charge in [0.2, 0.25) is 11.6 Å². The number of halogens is 3. The minimum Gasteiger partial charge on any atom is -0.334 e. The van der Waals surface area contributed by atoms with Crippen LogP contribution in [0.4, 0.5) is 13.2 Å². The fraction of sp³-hybridized carbons (Fsp3) is 0.769. The molecule has 1 aromatic heterocycles.